The van der Waals surface area contributed by atoms with Crippen LogP contribution in [0.4, 0.5) is 0 Å². The number of aliphatic carboxylic acids is 1. The highest BCUT2D eigenvalue weighted by molar-refractivity contribution is 5.87. The van der Waals surface area contributed by atoms with E-state index in [1.165, 1.54) is 11.8 Å². The van der Waals surface area contributed by atoms with Crippen molar-refractivity contribution in [1.82, 2.24) is 4.90 Å². The molecule has 0 bridgehead atoms. The van der Waals surface area contributed by atoms with Crippen LogP contribution in [-0.4, -0.2) is 46.3 Å². The second kappa shape index (κ2) is 3.79. The highest BCUT2D eigenvalue weighted by Crippen LogP contribution is 2.27. The molecule has 86 valence electrons. The molecule has 1 saturated heterocycles. The Morgan fingerprint density at radius 2 is 2.13 bits per heavy atom. The zero-order valence-electron chi connectivity index (χ0n) is 9.06. The Bertz CT molecular complexity index is 288. The van der Waals surface area contributed by atoms with Crippen LogP contribution in [-0.2, 0) is 14.3 Å². The largest absolute Gasteiger partial charge is 0.480 e. The molecule has 1 heterocycles. The number of nitrogens with two attached hydrogens (primary N) is 1. The Labute approximate surface area is 88.0 Å². The summed E-state index contributed by atoms with van der Waals surface area (Å²) in [4.78, 5) is 23.8. The van der Waals surface area contributed by atoms with Crippen molar-refractivity contribution in [2.75, 3.05) is 6.61 Å². The molecule has 1 aliphatic rings. The Balaban J connectivity index is 2.97. The fourth-order valence-electron chi connectivity index (χ4n) is 1.62. The van der Waals surface area contributed by atoms with Crippen LogP contribution in [0.5, 0.6) is 0 Å². The van der Waals surface area contributed by atoms with Gasteiger partial charge in [-0.15, -0.1) is 0 Å². The van der Waals surface area contributed by atoms with Gasteiger partial charge in [-0.3, -0.25) is 9.69 Å². The zero-order valence-corrected chi connectivity index (χ0v) is 9.06. The number of nitrogens with zero attached hydrogens (tertiary/aromatic N) is 1. The van der Waals surface area contributed by atoms with Gasteiger partial charge in [-0.25, -0.2) is 4.79 Å². The summed E-state index contributed by atoms with van der Waals surface area (Å²) in [7, 11) is 0. The lowest BCUT2D eigenvalue weighted by atomic mass is 10.1. The first-order valence-corrected chi connectivity index (χ1v) is 4.73. The summed E-state index contributed by atoms with van der Waals surface area (Å²) in [6.45, 7) is 4.82. The fraction of sp³-hybridized carbons (Fsp3) is 0.778. The van der Waals surface area contributed by atoms with Crippen molar-refractivity contribution in [1.29, 1.82) is 0 Å². The monoisotopic (exact) mass is 216 g/mol. The van der Waals surface area contributed by atoms with Crippen molar-refractivity contribution in [3.8, 4) is 0 Å². The molecule has 0 spiro atoms. The number of rotatable bonds is 2. The molecule has 0 saturated carbocycles. The molecule has 1 aliphatic heterocycles. The van der Waals surface area contributed by atoms with Crippen LogP contribution >= 0.6 is 0 Å². The third kappa shape index (κ3) is 2.10. The predicted octanol–water partition coefficient (Wildman–Crippen LogP) is -0.618. The maximum Gasteiger partial charge on any atom is 0.328 e. The molecule has 0 aromatic rings. The molecule has 0 unspecified atom stereocenters. The van der Waals surface area contributed by atoms with Crippen molar-refractivity contribution >= 4 is 11.9 Å². The third-order valence-corrected chi connectivity index (χ3v) is 2.40. The van der Waals surface area contributed by atoms with E-state index in [9.17, 15) is 9.59 Å². The van der Waals surface area contributed by atoms with E-state index in [0.29, 0.717) is 0 Å². The Morgan fingerprint density at radius 1 is 1.60 bits per heavy atom. The van der Waals surface area contributed by atoms with Crippen LogP contribution < -0.4 is 5.73 Å². The number of hydrogen-bond donors (Lipinski definition) is 2. The van der Waals surface area contributed by atoms with Crippen molar-refractivity contribution in [3.63, 3.8) is 0 Å². The topological polar surface area (TPSA) is 92.9 Å². The molecule has 6 nitrogen and oxygen atoms in total. The van der Waals surface area contributed by atoms with Crippen LogP contribution in [0, 0.1) is 0 Å². The lowest BCUT2D eigenvalue weighted by molar-refractivity contribution is -0.155. The molecule has 3 N–H and O–H groups in total. The highest BCUT2D eigenvalue weighted by Gasteiger charge is 2.47. The van der Waals surface area contributed by atoms with Gasteiger partial charge in [0.15, 0.2) is 6.04 Å². The smallest absolute Gasteiger partial charge is 0.328 e. The van der Waals surface area contributed by atoms with E-state index in [0.717, 1.165) is 0 Å². The first kappa shape index (κ1) is 11.9. The summed E-state index contributed by atoms with van der Waals surface area (Å²) in [5.74, 6) is -1.49. The van der Waals surface area contributed by atoms with Crippen molar-refractivity contribution in [2.24, 2.45) is 5.73 Å². The lowest BCUT2D eigenvalue weighted by Crippen LogP contribution is -2.55. The molecule has 1 fully saturated rings. The second-order valence-corrected chi connectivity index (χ2v) is 4.11. The van der Waals surface area contributed by atoms with Gasteiger partial charge in [-0.1, -0.05) is 0 Å². The number of ether oxygens (including phenoxy) is 1. The van der Waals surface area contributed by atoms with Gasteiger partial charge in [0.2, 0.25) is 5.91 Å². The highest BCUT2D eigenvalue weighted by atomic mass is 16.5. The molecule has 6 heteroatoms. The van der Waals surface area contributed by atoms with Gasteiger partial charge in [0, 0.05) is 0 Å². The summed E-state index contributed by atoms with van der Waals surface area (Å²) in [6, 6.07) is -1.67. The SMILES string of the molecule is C[C@H](N)C(=O)N1[C@H](C(=O)O)COC1(C)C. The van der Waals surface area contributed by atoms with Gasteiger partial charge >= 0.3 is 5.97 Å². The Hall–Kier alpha value is -1.14. The number of amides is 1. The van der Waals surface area contributed by atoms with Gasteiger partial charge in [-0.2, -0.15) is 0 Å². The first-order valence-electron chi connectivity index (χ1n) is 4.73. The molecule has 0 radical (unpaired) electrons. The van der Waals surface area contributed by atoms with E-state index >= 15 is 0 Å². The minimum atomic E-state index is -1.07. The van der Waals surface area contributed by atoms with E-state index in [2.05, 4.69) is 0 Å². The Morgan fingerprint density at radius 3 is 2.53 bits per heavy atom. The van der Waals surface area contributed by atoms with Gasteiger partial charge in [0.25, 0.3) is 0 Å². The maximum atomic E-state index is 11.7. The quantitative estimate of drug-likeness (QED) is 0.641. The predicted molar refractivity (Wildman–Crippen MR) is 52.0 cm³/mol. The van der Waals surface area contributed by atoms with Gasteiger partial charge in [0.1, 0.15) is 5.72 Å². The number of carbonyl (C=O) groups is 2. The van der Waals surface area contributed by atoms with E-state index in [4.69, 9.17) is 15.6 Å². The number of carboxylic acids is 1. The van der Waals surface area contributed by atoms with Crippen molar-refractivity contribution < 1.29 is 19.4 Å². The standard InChI is InChI=1S/C9H16N2O4/c1-5(10)7(12)11-6(8(13)14)4-15-9(11,2)3/h5-6H,4,10H2,1-3H3,(H,13,14)/t5-,6-/m0/s1. The average Bonchev–Trinajstić information content (AvgIpc) is 2.39. The number of hydrogen-bond acceptors (Lipinski definition) is 4. The number of carbonyl (C=O) groups excluding carboxylic acids is 1. The van der Waals surface area contributed by atoms with E-state index in [1.54, 1.807) is 13.8 Å². The van der Waals surface area contributed by atoms with Gasteiger partial charge in [0.05, 0.1) is 12.6 Å². The van der Waals surface area contributed by atoms with Crippen molar-refractivity contribution in [3.05, 3.63) is 0 Å². The lowest BCUT2D eigenvalue weighted by Gasteiger charge is -2.33. The molecule has 1 amide bonds. The summed E-state index contributed by atoms with van der Waals surface area (Å²) in [6.07, 6.45) is 0. The second-order valence-electron chi connectivity index (χ2n) is 4.11. The molecule has 0 aliphatic carbocycles. The minimum absolute atomic E-state index is 0.000787. The van der Waals surface area contributed by atoms with E-state index < -0.39 is 29.7 Å². The Kier molecular flexibility index (Phi) is 3.01. The molecule has 1 rings (SSSR count). The van der Waals surface area contributed by atoms with Gasteiger partial charge in [-0.05, 0) is 20.8 Å². The average molecular weight is 216 g/mol. The summed E-state index contributed by atoms with van der Waals surface area (Å²) >= 11 is 0. The van der Waals surface area contributed by atoms with Crippen LogP contribution in [0.2, 0.25) is 0 Å². The summed E-state index contributed by atoms with van der Waals surface area (Å²) in [5.41, 5.74) is 4.55. The maximum absolute atomic E-state index is 11.7. The zero-order chi connectivity index (χ0) is 11.8. The summed E-state index contributed by atoms with van der Waals surface area (Å²) in [5, 5.41) is 8.93. The minimum Gasteiger partial charge on any atom is -0.480 e. The van der Waals surface area contributed by atoms with Crippen LogP contribution in [0.15, 0.2) is 0 Å². The molecule has 0 aromatic heterocycles. The molecular weight excluding hydrogens is 200 g/mol. The molecule has 15 heavy (non-hydrogen) atoms. The fourth-order valence-corrected chi connectivity index (χ4v) is 1.62. The third-order valence-electron chi connectivity index (χ3n) is 2.40. The van der Waals surface area contributed by atoms with Crippen LogP contribution in [0.1, 0.15) is 20.8 Å². The van der Waals surface area contributed by atoms with E-state index in [1.807, 2.05) is 0 Å². The van der Waals surface area contributed by atoms with Gasteiger partial charge < -0.3 is 15.6 Å². The van der Waals surface area contributed by atoms with E-state index in [-0.39, 0.29) is 6.61 Å². The first-order chi connectivity index (χ1) is 6.77. The molecule has 0 aromatic carbocycles. The van der Waals surface area contributed by atoms with Crippen LogP contribution in [0.3, 0.4) is 0 Å². The summed E-state index contributed by atoms with van der Waals surface area (Å²) < 4.78 is 5.27. The normalized spacial score (nSPS) is 26.4. The molecule has 2 atom stereocenters. The van der Waals surface area contributed by atoms with Crippen molar-refractivity contribution in [2.45, 2.75) is 38.6 Å². The molecular formula is C9H16N2O4. The van der Waals surface area contributed by atoms with Crippen LogP contribution in [0.25, 0.3) is 0 Å². The number of carboxylic acid groups (broad SMARTS) is 1.